The van der Waals surface area contributed by atoms with Crippen LogP contribution in [0.2, 0.25) is 0 Å². The van der Waals surface area contributed by atoms with Crippen LogP contribution in [0.4, 0.5) is 8.78 Å². The number of fused-ring (bicyclic) bond motifs is 1. The molecule has 1 aromatic carbocycles. The number of aromatic nitrogens is 7. The van der Waals surface area contributed by atoms with Gasteiger partial charge < -0.3 is 5.11 Å². The van der Waals surface area contributed by atoms with Gasteiger partial charge in [0.05, 0.1) is 19.6 Å². The van der Waals surface area contributed by atoms with Crippen LogP contribution >= 0.6 is 0 Å². The average Bonchev–Trinajstić information content (AvgIpc) is 3.48. The van der Waals surface area contributed by atoms with Crippen molar-refractivity contribution in [3.05, 3.63) is 78.4 Å². The van der Waals surface area contributed by atoms with E-state index in [9.17, 15) is 13.9 Å². The number of aliphatic hydroxyl groups is 1. The number of nitrogens with zero attached hydrogens (tertiary/aromatic N) is 8. The second-order valence-electron chi connectivity index (χ2n) is 8.10. The van der Waals surface area contributed by atoms with Gasteiger partial charge >= 0.3 is 0 Å². The lowest BCUT2D eigenvalue weighted by atomic mass is 9.85. The molecule has 170 valence electrons. The zero-order valence-electron chi connectivity index (χ0n) is 17.9. The molecule has 1 aliphatic heterocycles. The molecule has 0 unspecified atom stereocenters. The van der Waals surface area contributed by atoms with Crippen molar-refractivity contribution in [2.75, 3.05) is 6.54 Å². The molecule has 1 aliphatic rings. The maximum absolute atomic E-state index is 14.8. The van der Waals surface area contributed by atoms with Crippen LogP contribution in [0.3, 0.4) is 0 Å². The Labute approximate surface area is 188 Å². The SMILES string of the molecule is C[C@@H](N1CCn2nc(-c3ccncc3)nc2C1)[C@](O)(Cn1cncn1)c1ccc(F)cc1F. The summed E-state index contributed by atoms with van der Waals surface area (Å²) in [6.07, 6.45) is 6.17. The Morgan fingerprint density at radius 2 is 1.94 bits per heavy atom. The van der Waals surface area contributed by atoms with Gasteiger partial charge in [0.25, 0.3) is 0 Å². The lowest BCUT2D eigenvalue weighted by Crippen LogP contribution is -2.53. The highest BCUT2D eigenvalue weighted by molar-refractivity contribution is 5.53. The van der Waals surface area contributed by atoms with E-state index in [0.717, 1.165) is 23.5 Å². The van der Waals surface area contributed by atoms with Crippen LogP contribution in [-0.2, 0) is 25.2 Å². The fraction of sp³-hybridized carbons (Fsp3) is 0.318. The Kier molecular flexibility index (Phi) is 5.43. The van der Waals surface area contributed by atoms with Crippen LogP contribution in [0.25, 0.3) is 11.4 Å². The van der Waals surface area contributed by atoms with Crippen molar-refractivity contribution in [1.82, 2.24) is 39.4 Å². The molecule has 0 spiro atoms. The molecule has 0 bridgehead atoms. The summed E-state index contributed by atoms with van der Waals surface area (Å²) in [6.45, 7) is 3.29. The first-order valence-electron chi connectivity index (χ1n) is 10.5. The van der Waals surface area contributed by atoms with Crippen molar-refractivity contribution in [3.8, 4) is 11.4 Å². The highest BCUT2D eigenvalue weighted by atomic mass is 19.1. The number of hydrogen-bond donors (Lipinski definition) is 1. The van der Waals surface area contributed by atoms with Crippen molar-refractivity contribution in [1.29, 1.82) is 0 Å². The predicted molar refractivity (Wildman–Crippen MR) is 113 cm³/mol. The van der Waals surface area contributed by atoms with E-state index in [1.165, 1.54) is 23.4 Å². The van der Waals surface area contributed by atoms with Crippen LogP contribution in [-0.4, -0.2) is 57.1 Å². The molecule has 4 aromatic rings. The maximum Gasteiger partial charge on any atom is 0.181 e. The van der Waals surface area contributed by atoms with Crippen molar-refractivity contribution in [3.63, 3.8) is 0 Å². The molecule has 4 heterocycles. The molecule has 0 amide bonds. The number of hydrogen-bond acceptors (Lipinski definition) is 7. The fourth-order valence-corrected chi connectivity index (χ4v) is 4.25. The normalized spacial score (nSPS) is 16.8. The fourth-order valence-electron chi connectivity index (χ4n) is 4.25. The Bertz CT molecular complexity index is 1250. The van der Waals surface area contributed by atoms with E-state index >= 15 is 0 Å². The van der Waals surface area contributed by atoms with E-state index in [1.54, 1.807) is 12.4 Å². The zero-order chi connectivity index (χ0) is 23.0. The van der Waals surface area contributed by atoms with E-state index in [0.29, 0.717) is 25.5 Å². The largest absolute Gasteiger partial charge is 0.381 e. The average molecular weight is 452 g/mol. The van der Waals surface area contributed by atoms with Crippen molar-refractivity contribution < 1.29 is 13.9 Å². The van der Waals surface area contributed by atoms with E-state index in [2.05, 4.69) is 25.1 Å². The minimum atomic E-state index is -1.71. The van der Waals surface area contributed by atoms with Crippen LogP contribution in [0.5, 0.6) is 0 Å². The van der Waals surface area contributed by atoms with Gasteiger partial charge in [0, 0.05) is 42.2 Å². The summed E-state index contributed by atoms with van der Waals surface area (Å²) in [5.74, 6) is -0.182. The highest BCUT2D eigenvalue weighted by Gasteiger charge is 2.43. The van der Waals surface area contributed by atoms with Gasteiger partial charge in [-0.3, -0.25) is 9.88 Å². The van der Waals surface area contributed by atoms with Gasteiger partial charge in [-0.15, -0.1) is 0 Å². The first-order chi connectivity index (χ1) is 15.9. The van der Waals surface area contributed by atoms with Gasteiger partial charge in [0.2, 0.25) is 0 Å². The molecule has 1 N–H and O–H groups in total. The monoisotopic (exact) mass is 452 g/mol. The van der Waals surface area contributed by atoms with Crippen LogP contribution in [0.1, 0.15) is 18.3 Å². The molecular weight excluding hydrogens is 430 g/mol. The number of benzene rings is 1. The van der Waals surface area contributed by atoms with Crippen molar-refractivity contribution in [2.24, 2.45) is 0 Å². The third kappa shape index (κ3) is 4.00. The third-order valence-corrected chi connectivity index (χ3v) is 6.14. The Morgan fingerprint density at radius 1 is 1.12 bits per heavy atom. The molecule has 2 atom stereocenters. The molecule has 0 aliphatic carbocycles. The van der Waals surface area contributed by atoms with Gasteiger partial charge in [-0.25, -0.2) is 28.1 Å². The molecule has 0 radical (unpaired) electrons. The second kappa shape index (κ2) is 8.41. The van der Waals surface area contributed by atoms with Gasteiger partial charge in [-0.2, -0.15) is 10.2 Å². The second-order valence-corrected chi connectivity index (χ2v) is 8.10. The highest BCUT2D eigenvalue weighted by Crippen LogP contribution is 2.34. The van der Waals surface area contributed by atoms with Gasteiger partial charge in [-0.05, 0) is 25.1 Å². The Balaban J connectivity index is 1.46. The molecule has 9 nitrogen and oxygen atoms in total. The predicted octanol–water partition coefficient (Wildman–Crippen LogP) is 2.00. The summed E-state index contributed by atoms with van der Waals surface area (Å²) in [4.78, 5) is 14.6. The number of pyridine rings is 1. The standard InChI is InChI=1S/C22H22F2N8O/c1-15(22(33,12-31-14-26-13-27-31)18-3-2-17(23)10-19(18)24)30-8-9-32-20(11-30)28-21(29-32)16-4-6-25-7-5-16/h2-7,10,13-15,33H,8-9,11-12H2,1H3/t15-,22-/m1/s1. The first kappa shape index (κ1) is 21.3. The summed E-state index contributed by atoms with van der Waals surface area (Å²) in [6, 6.07) is 6.34. The molecule has 0 saturated heterocycles. The van der Waals surface area contributed by atoms with E-state index in [-0.39, 0.29) is 12.1 Å². The minimum absolute atomic E-state index is 0.00332. The van der Waals surface area contributed by atoms with E-state index < -0.39 is 23.3 Å². The summed E-state index contributed by atoms with van der Waals surface area (Å²) < 4.78 is 31.7. The smallest absolute Gasteiger partial charge is 0.181 e. The van der Waals surface area contributed by atoms with Crippen molar-refractivity contribution in [2.45, 2.75) is 38.2 Å². The summed E-state index contributed by atoms with van der Waals surface area (Å²) in [5, 5.41) is 20.5. The van der Waals surface area contributed by atoms with Crippen LogP contribution in [0.15, 0.2) is 55.4 Å². The topological polar surface area (TPSA) is 97.8 Å². The zero-order valence-corrected chi connectivity index (χ0v) is 17.9. The summed E-state index contributed by atoms with van der Waals surface area (Å²) >= 11 is 0. The van der Waals surface area contributed by atoms with Gasteiger partial charge in [-0.1, -0.05) is 6.07 Å². The molecular formula is C22H22F2N8O. The Morgan fingerprint density at radius 3 is 2.67 bits per heavy atom. The van der Waals surface area contributed by atoms with E-state index in [1.807, 2.05) is 28.6 Å². The molecule has 33 heavy (non-hydrogen) atoms. The van der Waals surface area contributed by atoms with Gasteiger partial charge in [0.15, 0.2) is 5.82 Å². The molecule has 5 rings (SSSR count). The lowest BCUT2D eigenvalue weighted by Gasteiger charge is -2.42. The molecule has 0 fully saturated rings. The number of rotatable bonds is 6. The summed E-state index contributed by atoms with van der Waals surface area (Å²) in [7, 11) is 0. The molecule has 11 heteroatoms. The van der Waals surface area contributed by atoms with Gasteiger partial charge in [0.1, 0.15) is 35.7 Å². The third-order valence-electron chi connectivity index (χ3n) is 6.14. The van der Waals surface area contributed by atoms with Crippen LogP contribution < -0.4 is 0 Å². The number of halogens is 2. The lowest BCUT2D eigenvalue weighted by molar-refractivity contribution is -0.0714. The van der Waals surface area contributed by atoms with E-state index in [4.69, 9.17) is 0 Å². The Hall–Kier alpha value is -3.57. The van der Waals surface area contributed by atoms with Crippen molar-refractivity contribution >= 4 is 0 Å². The van der Waals surface area contributed by atoms with Crippen LogP contribution in [0, 0.1) is 11.6 Å². The quantitative estimate of drug-likeness (QED) is 0.478. The minimum Gasteiger partial charge on any atom is -0.381 e. The molecule has 3 aromatic heterocycles. The summed E-state index contributed by atoms with van der Waals surface area (Å²) in [5.41, 5.74) is -0.847. The molecule has 0 saturated carbocycles. The first-order valence-corrected chi connectivity index (χ1v) is 10.5. The maximum atomic E-state index is 14.8.